The lowest BCUT2D eigenvalue weighted by molar-refractivity contribution is -0.121. The van der Waals surface area contributed by atoms with Crippen molar-refractivity contribution < 1.29 is 18.7 Å². The Morgan fingerprint density at radius 3 is 2.59 bits per heavy atom. The minimum atomic E-state index is -0.278. The van der Waals surface area contributed by atoms with Crippen LogP contribution in [0.3, 0.4) is 0 Å². The molecule has 0 spiro atoms. The summed E-state index contributed by atoms with van der Waals surface area (Å²) < 4.78 is 10.4. The Morgan fingerprint density at radius 1 is 1.36 bits per heavy atom. The van der Waals surface area contributed by atoms with Crippen molar-refractivity contribution >= 4 is 12.0 Å². The summed E-state index contributed by atoms with van der Waals surface area (Å²) >= 11 is 0. The summed E-state index contributed by atoms with van der Waals surface area (Å²) in [4.78, 5) is 29.5. The van der Waals surface area contributed by atoms with Crippen LogP contribution in [0.25, 0.3) is 0 Å². The number of hydrogen-bond donors (Lipinski definition) is 1. The smallest absolute Gasteiger partial charge is 0.409 e. The standard InChI is InChI=1S/C15H23N3O4/c1-4-21-15(20)18-7-5-12(6-8-18)17-14(19)9-13-10(2)16-11(3)22-13/h12H,4-9H2,1-3H3,(H,17,19). The fourth-order valence-corrected chi connectivity index (χ4v) is 2.58. The summed E-state index contributed by atoms with van der Waals surface area (Å²) in [5.41, 5.74) is 0.754. The van der Waals surface area contributed by atoms with E-state index in [9.17, 15) is 9.59 Å². The van der Waals surface area contributed by atoms with E-state index < -0.39 is 0 Å². The van der Waals surface area contributed by atoms with Crippen molar-refractivity contribution in [1.82, 2.24) is 15.2 Å². The van der Waals surface area contributed by atoms with Gasteiger partial charge >= 0.3 is 6.09 Å². The first-order valence-electron chi connectivity index (χ1n) is 7.63. The van der Waals surface area contributed by atoms with Crippen LogP contribution in [0.5, 0.6) is 0 Å². The Labute approximate surface area is 130 Å². The quantitative estimate of drug-likeness (QED) is 0.912. The zero-order valence-corrected chi connectivity index (χ0v) is 13.3. The highest BCUT2D eigenvalue weighted by Gasteiger charge is 2.25. The molecule has 0 saturated carbocycles. The van der Waals surface area contributed by atoms with Crippen LogP contribution in [0.15, 0.2) is 4.42 Å². The minimum absolute atomic E-state index is 0.0752. The van der Waals surface area contributed by atoms with Crippen LogP contribution in [0, 0.1) is 13.8 Å². The Morgan fingerprint density at radius 2 is 2.05 bits per heavy atom. The molecule has 0 atom stereocenters. The number of aryl methyl sites for hydroxylation is 2. The van der Waals surface area contributed by atoms with Crippen molar-refractivity contribution in [2.24, 2.45) is 0 Å². The van der Waals surface area contributed by atoms with Crippen LogP contribution >= 0.6 is 0 Å². The van der Waals surface area contributed by atoms with Gasteiger partial charge in [0.2, 0.25) is 5.91 Å². The number of rotatable bonds is 4. The van der Waals surface area contributed by atoms with E-state index in [-0.39, 0.29) is 24.5 Å². The van der Waals surface area contributed by atoms with Gasteiger partial charge in [-0.3, -0.25) is 4.79 Å². The average molecular weight is 309 g/mol. The topological polar surface area (TPSA) is 84.7 Å². The van der Waals surface area contributed by atoms with Crippen molar-refractivity contribution in [1.29, 1.82) is 0 Å². The summed E-state index contributed by atoms with van der Waals surface area (Å²) in [5.74, 6) is 1.11. The molecule has 7 heteroatoms. The molecular formula is C15H23N3O4. The third-order valence-electron chi connectivity index (χ3n) is 3.71. The van der Waals surface area contributed by atoms with Gasteiger partial charge in [0.15, 0.2) is 5.89 Å². The number of nitrogens with one attached hydrogen (secondary N) is 1. The largest absolute Gasteiger partial charge is 0.450 e. The Balaban J connectivity index is 1.77. The van der Waals surface area contributed by atoms with Crippen LogP contribution < -0.4 is 5.32 Å². The molecule has 2 heterocycles. The number of carbonyl (C=O) groups excluding carboxylic acids is 2. The lowest BCUT2D eigenvalue weighted by atomic mass is 10.1. The number of aromatic nitrogens is 1. The Bertz CT molecular complexity index is 533. The van der Waals surface area contributed by atoms with Crippen LogP contribution in [-0.4, -0.2) is 47.6 Å². The predicted octanol–water partition coefficient (Wildman–Crippen LogP) is 1.57. The molecule has 7 nitrogen and oxygen atoms in total. The maximum atomic E-state index is 12.1. The zero-order chi connectivity index (χ0) is 16.1. The molecule has 0 aliphatic carbocycles. The highest BCUT2D eigenvalue weighted by atomic mass is 16.6. The molecule has 1 aliphatic heterocycles. The molecule has 1 fully saturated rings. The number of ether oxygens (including phenoxy) is 1. The van der Waals surface area contributed by atoms with Gasteiger partial charge in [-0.15, -0.1) is 0 Å². The summed E-state index contributed by atoms with van der Waals surface area (Å²) in [6.45, 7) is 6.97. The number of hydrogen-bond acceptors (Lipinski definition) is 5. The second-order valence-electron chi connectivity index (χ2n) is 5.45. The molecule has 1 saturated heterocycles. The van der Waals surface area contributed by atoms with Crippen molar-refractivity contribution in [3.63, 3.8) is 0 Å². The van der Waals surface area contributed by atoms with Crippen molar-refractivity contribution in [3.8, 4) is 0 Å². The van der Waals surface area contributed by atoms with Crippen LogP contribution in [0.4, 0.5) is 4.79 Å². The lowest BCUT2D eigenvalue weighted by Gasteiger charge is -2.31. The maximum Gasteiger partial charge on any atom is 0.409 e. The monoisotopic (exact) mass is 309 g/mol. The molecule has 2 rings (SSSR count). The van der Waals surface area contributed by atoms with Crippen LogP contribution in [0.1, 0.15) is 37.1 Å². The van der Waals surface area contributed by atoms with E-state index >= 15 is 0 Å². The van der Waals surface area contributed by atoms with E-state index in [1.165, 1.54) is 0 Å². The molecule has 22 heavy (non-hydrogen) atoms. The van der Waals surface area contributed by atoms with E-state index in [0.717, 1.165) is 18.5 Å². The van der Waals surface area contributed by atoms with Gasteiger partial charge in [-0.05, 0) is 26.7 Å². The van der Waals surface area contributed by atoms with Crippen molar-refractivity contribution in [2.45, 2.75) is 46.1 Å². The highest BCUT2D eigenvalue weighted by molar-refractivity contribution is 5.78. The SMILES string of the molecule is CCOC(=O)N1CCC(NC(=O)Cc2oc(C)nc2C)CC1. The van der Waals surface area contributed by atoms with Gasteiger partial charge in [0.1, 0.15) is 5.76 Å². The molecular weight excluding hydrogens is 286 g/mol. The third kappa shape index (κ3) is 4.22. The molecule has 0 radical (unpaired) electrons. The van der Waals surface area contributed by atoms with Crippen LogP contribution in [-0.2, 0) is 16.0 Å². The van der Waals surface area contributed by atoms with E-state index in [4.69, 9.17) is 9.15 Å². The third-order valence-corrected chi connectivity index (χ3v) is 3.71. The molecule has 0 unspecified atom stereocenters. The number of amides is 2. The molecule has 0 bridgehead atoms. The summed E-state index contributed by atoms with van der Waals surface area (Å²) in [6.07, 6.45) is 1.39. The summed E-state index contributed by atoms with van der Waals surface area (Å²) in [7, 11) is 0. The average Bonchev–Trinajstić information content (AvgIpc) is 2.77. The van der Waals surface area contributed by atoms with Gasteiger partial charge in [-0.1, -0.05) is 0 Å². The molecule has 1 aromatic rings. The van der Waals surface area contributed by atoms with Gasteiger partial charge in [0, 0.05) is 26.1 Å². The van der Waals surface area contributed by atoms with Crippen LogP contribution in [0.2, 0.25) is 0 Å². The van der Waals surface area contributed by atoms with Gasteiger partial charge in [-0.25, -0.2) is 9.78 Å². The highest BCUT2D eigenvalue weighted by Crippen LogP contribution is 2.13. The molecule has 0 aromatic carbocycles. The minimum Gasteiger partial charge on any atom is -0.450 e. The number of carbonyl (C=O) groups is 2. The van der Waals surface area contributed by atoms with Gasteiger partial charge in [0.25, 0.3) is 0 Å². The first-order chi connectivity index (χ1) is 10.5. The molecule has 122 valence electrons. The van der Waals surface area contributed by atoms with Crippen molar-refractivity contribution in [2.75, 3.05) is 19.7 Å². The Hall–Kier alpha value is -2.05. The van der Waals surface area contributed by atoms with Crippen molar-refractivity contribution in [3.05, 3.63) is 17.3 Å². The summed E-state index contributed by atoms with van der Waals surface area (Å²) in [5, 5.41) is 2.99. The van der Waals surface area contributed by atoms with E-state index in [1.807, 2.05) is 6.92 Å². The maximum absolute atomic E-state index is 12.1. The lowest BCUT2D eigenvalue weighted by Crippen LogP contribution is -2.47. The van der Waals surface area contributed by atoms with E-state index in [0.29, 0.717) is 31.3 Å². The van der Waals surface area contributed by atoms with Gasteiger partial charge in [0.05, 0.1) is 18.7 Å². The first-order valence-corrected chi connectivity index (χ1v) is 7.63. The molecule has 2 amide bonds. The normalized spacial score (nSPS) is 15.7. The molecule has 1 aliphatic rings. The zero-order valence-electron chi connectivity index (χ0n) is 13.3. The molecule has 1 aromatic heterocycles. The number of likely N-dealkylation sites (tertiary alicyclic amines) is 1. The second kappa shape index (κ2) is 7.29. The van der Waals surface area contributed by atoms with Gasteiger partial charge < -0.3 is 19.4 Å². The van der Waals surface area contributed by atoms with E-state index in [1.54, 1.807) is 18.7 Å². The van der Waals surface area contributed by atoms with E-state index in [2.05, 4.69) is 10.3 Å². The first kappa shape index (κ1) is 16.3. The summed E-state index contributed by atoms with van der Waals surface area (Å²) in [6, 6.07) is 0.0856. The molecule has 1 N–H and O–H groups in total. The van der Waals surface area contributed by atoms with Gasteiger partial charge in [-0.2, -0.15) is 0 Å². The predicted molar refractivity (Wildman–Crippen MR) is 79.4 cm³/mol. The second-order valence-corrected chi connectivity index (χ2v) is 5.45. The Kier molecular flexibility index (Phi) is 5.41. The fraction of sp³-hybridized carbons (Fsp3) is 0.667. The number of piperidine rings is 1. The fourth-order valence-electron chi connectivity index (χ4n) is 2.58. The number of nitrogens with zero attached hydrogens (tertiary/aromatic N) is 2. The number of oxazole rings is 1.